The van der Waals surface area contributed by atoms with E-state index in [2.05, 4.69) is 16.0 Å². The third-order valence-corrected chi connectivity index (χ3v) is 2.02. The van der Waals surface area contributed by atoms with Crippen molar-refractivity contribution in [3.63, 3.8) is 0 Å². The summed E-state index contributed by atoms with van der Waals surface area (Å²) in [6.07, 6.45) is 0. The molecule has 0 amide bonds. The zero-order valence-electron chi connectivity index (χ0n) is 9.69. The Morgan fingerprint density at radius 3 is 2.44 bits per heavy atom. The van der Waals surface area contributed by atoms with Crippen LogP contribution in [0.15, 0.2) is 35.4 Å². The fourth-order valence-electron chi connectivity index (χ4n) is 1.11. The second-order valence-electron chi connectivity index (χ2n) is 3.51. The van der Waals surface area contributed by atoms with Gasteiger partial charge in [0, 0.05) is 14.1 Å². The first-order valence-corrected chi connectivity index (χ1v) is 5.34. The van der Waals surface area contributed by atoms with E-state index < -0.39 is 0 Å². The lowest BCUT2D eigenvalue weighted by molar-refractivity contribution is 0.360. The molecule has 0 spiro atoms. The van der Waals surface area contributed by atoms with Gasteiger partial charge in [-0.2, -0.15) is 5.10 Å². The quantitative estimate of drug-likeness (QED) is 0.472. The lowest BCUT2D eigenvalue weighted by Gasteiger charge is -2.13. The topological polar surface area (TPSA) is 39.7 Å². The van der Waals surface area contributed by atoms with Crippen LogP contribution < -0.4 is 10.9 Å². The Kier molecular flexibility index (Phi) is 4.88. The molecular weight excluding hydrogens is 220 g/mol. The van der Waals surface area contributed by atoms with Crippen LogP contribution in [0.2, 0.25) is 0 Å². The van der Waals surface area contributed by atoms with Crippen LogP contribution in [0, 0.1) is 0 Å². The van der Waals surface area contributed by atoms with Crippen molar-refractivity contribution < 1.29 is 0 Å². The fraction of sp³-hybridized carbons (Fsp3) is 0.273. The molecule has 0 saturated heterocycles. The van der Waals surface area contributed by atoms with Gasteiger partial charge in [-0.1, -0.05) is 30.3 Å². The summed E-state index contributed by atoms with van der Waals surface area (Å²) in [7, 11) is 3.73. The third kappa shape index (κ3) is 4.37. The number of hydrogen-bond donors (Lipinski definition) is 2. The first-order valence-electron chi connectivity index (χ1n) is 4.93. The molecule has 0 aliphatic carbocycles. The molecule has 1 rings (SSSR count). The summed E-state index contributed by atoms with van der Waals surface area (Å²) in [6.45, 7) is 1.93. The van der Waals surface area contributed by atoms with Gasteiger partial charge in [-0.05, 0) is 24.7 Å². The summed E-state index contributed by atoms with van der Waals surface area (Å²) >= 11 is 5.03. The van der Waals surface area contributed by atoms with Crippen LogP contribution in [0.3, 0.4) is 0 Å². The minimum atomic E-state index is 0.472. The number of hydrogen-bond acceptors (Lipinski definition) is 3. The van der Waals surface area contributed by atoms with Gasteiger partial charge in [0.25, 0.3) is 0 Å². The van der Waals surface area contributed by atoms with Crippen molar-refractivity contribution >= 4 is 23.0 Å². The lowest BCUT2D eigenvalue weighted by atomic mass is 10.1. The molecule has 0 aliphatic heterocycles. The van der Waals surface area contributed by atoms with Crippen molar-refractivity contribution in [3.05, 3.63) is 35.9 Å². The predicted octanol–water partition coefficient (Wildman–Crippen LogP) is 1.35. The number of hydrazine groups is 1. The first-order chi connectivity index (χ1) is 7.59. The van der Waals surface area contributed by atoms with Gasteiger partial charge in [0.15, 0.2) is 0 Å². The van der Waals surface area contributed by atoms with Gasteiger partial charge in [-0.3, -0.25) is 10.9 Å². The summed E-state index contributed by atoms with van der Waals surface area (Å²) in [5.74, 6) is 0. The smallest absolute Gasteiger partial charge is 0.201 e. The maximum Gasteiger partial charge on any atom is 0.201 e. The molecule has 0 radical (unpaired) electrons. The average molecular weight is 236 g/mol. The van der Waals surface area contributed by atoms with Crippen molar-refractivity contribution in [2.24, 2.45) is 5.10 Å². The van der Waals surface area contributed by atoms with Crippen LogP contribution in [0.1, 0.15) is 12.5 Å². The van der Waals surface area contributed by atoms with Crippen LogP contribution >= 0.6 is 12.2 Å². The Hall–Kier alpha value is -1.46. The molecule has 0 fully saturated rings. The highest BCUT2D eigenvalue weighted by Crippen LogP contribution is 1.99. The minimum absolute atomic E-state index is 0.472. The summed E-state index contributed by atoms with van der Waals surface area (Å²) in [4.78, 5) is 0. The monoisotopic (exact) mass is 236 g/mol. The summed E-state index contributed by atoms with van der Waals surface area (Å²) in [5.41, 5.74) is 7.64. The van der Waals surface area contributed by atoms with E-state index in [4.69, 9.17) is 12.2 Å². The molecule has 0 aromatic heterocycles. The molecule has 1 aromatic rings. The van der Waals surface area contributed by atoms with Crippen molar-refractivity contribution in [1.29, 1.82) is 0 Å². The molecule has 0 heterocycles. The van der Waals surface area contributed by atoms with E-state index in [1.165, 1.54) is 0 Å². The molecule has 0 unspecified atom stereocenters. The number of hydrazone groups is 1. The standard InChI is InChI=1S/C11H16N4S/c1-9(10-7-5-4-6-8-10)12-13-11(16)14-15(2)3/h4-8H,1-3H3,(H2,13,14,16)/b12-9+. The Bertz CT molecular complexity index is 373. The Morgan fingerprint density at radius 2 is 1.88 bits per heavy atom. The number of nitrogens with one attached hydrogen (secondary N) is 2. The van der Waals surface area contributed by atoms with Gasteiger partial charge in [0.1, 0.15) is 0 Å². The van der Waals surface area contributed by atoms with E-state index in [0.29, 0.717) is 5.11 Å². The maximum atomic E-state index is 5.03. The van der Waals surface area contributed by atoms with Crippen LogP contribution in [0.4, 0.5) is 0 Å². The van der Waals surface area contributed by atoms with Crippen LogP contribution in [0.5, 0.6) is 0 Å². The van der Waals surface area contributed by atoms with Gasteiger partial charge >= 0.3 is 0 Å². The molecule has 86 valence electrons. The molecule has 0 aliphatic rings. The van der Waals surface area contributed by atoms with E-state index in [0.717, 1.165) is 11.3 Å². The predicted molar refractivity (Wildman–Crippen MR) is 71.2 cm³/mol. The average Bonchev–Trinajstić information content (AvgIpc) is 2.26. The highest BCUT2D eigenvalue weighted by molar-refractivity contribution is 7.80. The van der Waals surface area contributed by atoms with Crippen molar-refractivity contribution in [2.45, 2.75) is 6.92 Å². The highest BCUT2D eigenvalue weighted by Gasteiger charge is 1.97. The molecule has 0 bridgehead atoms. The molecule has 2 N–H and O–H groups in total. The van der Waals surface area contributed by atoms with E-state index in [-0.39, 0.29) is 0 Å². The molecule has 16 heavy (non-hydrogen) atoms. The largest absolute Gasteiger partial charge is 0.295 e. The van der Waals surface area contributed by atoms with Gasteiger partial charge in [0.2, 0.25) is 5.11 Å². The number of benzene rings is 1. The summed E-state index contributed by atoms with van der Waals surface area (Å²) < 4.78 is 0. The SMILES string of the molecule is C/C(=N\NC(=S)NN(C)C)c1ccccc1. The number of thiocarbonyl (C=S) groups is 1. The van der Waals surface area contributed by atoms with Crippen molar-refractivity contribution in [2.75, 3.05) is 14.1 Å². The Balaban J connectivity index is 2.55. The normalized spacial score (nSPS) is 11.4. The van der Waals surface area contributed by atoms with E-state index in [9.17, 15) is 0 Å². The van der Waals surface area contributed by atoms with E-state index in [1.54, 1.807) is 5.01 Å². The third-order valence-electron chi connectivity index (χ3n) is 1.84. The maximum absolute atomic E-state index is 5.03. The zero-order chi connectivity index (χ0) is 12.0. The number of rotatable bonds is 3. The Labute approximate surface area is 101 Å². The fourth-order valence-corrected chi connectivity index (χ4v) is 1.33. The van der Waals surface area contributed by atoms with Crippen molar-refractivity contribution in [1.82, 2.24) is 15.9 Å². The second-order valence-corrected chi connectivity index (χ2v) is 3.92. The highest BCUT2D eigenvalue weighted by atomic mass is 32.1. The van der Waals surface area contributed by atoms with E-state index >= 15 is 0 Å². The first kappa shape index (κ1) is 12.6. The van der Waals surface area contributed by atoms with Gasteiger partial charge in [0.05, 0.1) is 5.71 Å². The second kappa shape index (κ2) is 6.19. The van der Waals surface area contributed by atoms with Crippen LogP contribution in [0.25, 0.3) is 0 Å². The summed E-state index contributed by atoms with van der Waals surface area (Å²) in [6, 6.07) is 9.93. The molecule has 5 heteroatoms. The van der Waals surface area contributed by atoms with E-state index in [1.807, 2.05) is 51.4 Å². The van der Waals surface area contributed by atoms with Crippen LogP contribution in [-0.4, -0.2) is 29.9 Å². The summed E-state index contributed by atoms with van der Waals surface area (Å²) in [5, 5.41) is 6.41. The molecule has 4 nitrogen and oxygen atoms in total. The van der Waals surface area contributed by atoms with Gasteiger partial charge in [-0.15, -0.1) is 0 Å². The molecule has 0 atom stereocenters. The molecule has 0 saturated carbocycles. The number of nitrogens with zero attached hydrogens (tertiary/aromatic N) is 2. The lowest BCUT2D eigenvalue weighted by Crippen LogP contribution is -2.41. The van der Waals surface area contributed by atoms with Gasteiger partial charge in [-0.25, -0.2) is 5.01 Å². The Morgan fingerprint density at radius 1 is 1.25 bits per heavy atom. The van der Waals surface area contributed by atoms with Gasteiger partial charge < -0.3 is 0 Å². The molecular formula is C11H16N4S. The zero-order valence-corrected chi connectivity index (χ0v) is 10.5. The van der Waals surface area contributed by atoms with Crippen LogP contribution in [-0.2, 0) is 0 Å². The molecule has 1 aromatic carbocycles. The van der Waals surface area contributed by atoms with Crippen molar-refractivity contribution in [3.8, 4) is 0 Å². The minimum Gasteiger partial charge on any atom is -0.295 e.